The smallest absolute Gasteiger partial charge is 0.279 e. The van der Waals surface area contributed by atoms with Gasteiger partial charge in [-0.2, -0.15) is 4.98 Å². The second kappa shape index (κ2) is 8.47. The molecule has 1 aliphatic rings. The van der Waals surface area contributed by atoms with E-state index in [-0.39, 0.29) is 23.6 Å². The number of methoxy groups -OCH3 is 1. The molecule has 0 fully saturated rings. The number of anilines is 1. The van der Waals surface area contributed by atoms with E-state index in [2.05, 4.69) is 16.4 Å². The highest BCUT2D eigenvalue weighted by Crippen LogP contribution is 2.40. The number of hydrogen-bond acceptors (Lipinski definition) is 6. The molecular weight excluding hydrogens is 414 g/mol. The van der Waals surface area contributed by atoms with E-state index in [9.17, 15) is 14.7 Å². The zero-order valence-corrected chi connectivity index (χ0v) is 18.3. The first-order valence-corrected chi connectivity index (χ1v) is 10.8. The monoisotopic (exact) mass is 437 g/mol. The van der Waals surface area contributed by atoms with Crippen molar-refractivity contribution in [1.82, 2.24) is 9.55 Å². The Kier molecular flexibility index (Phi) is 5.73. The number of amides is 1. The summed E-state index contributed by atoms with van der Waals surface area (Å²) in [4.78, 5) is 29.9. The second-order valence-electron chi connectivity index (χ2n) is 7.53. The molecule has 31 heavy (non-hydrogen) atoms. The van der Waals surface area contributed by atoms with Crippen LogP contribution in [0.4, 0.5) is 5.82 Å². The summed E-state index contributed by atoms with van der Waals surface area (Å²) in [7, 11) is 3.28. The first-order chi connectivity index (χ1) is 14.9. The van der Waals surface area contributed by atoms with Crippen LogP contribution in [-0.2, 0) is 17.6 Å². The van der Waals surface area contributed by atoms with Gasteiger partial charge < -0.3 is 19.7 Å². The number of carbonyl (C=O) groups excluding carboxylic acids is 1. The van der Waals surface area contributed by atoms with E-state index < -0.39 is 5.92 Å². The predicted molar refractivity (Wildman–Crippen MR) is 120 cm³/mol. The number of carbonyl (C=O) groups is 1. The van der Waals surface area contributed by atoms with E-state index in [1.54, 1.807) is 17.7 Å². The maximum Gasteiger partial charge on any atom is 0.279 e. The van der Waals surface area contributed by atoms with Crippen molar-refractivity contribution in [3.63, 3.8) is 0 Å². The van der Waals surface area contributed by atoms with Gasteiger partial charge in [-0.25, -0.2) is 0 Å². The van der Waals surface area contributed by atoms with Gasteiger partial charge in [0.1, 0.15) is 17.3 Å². The quantitative estimate of drug-likeness (QED) is 0.468. The summed E-state index contributed by atoms with van der Waals surface area (Å²) in [6, 6.07) is 12.8. The molecule has 1 aromatic heterocycles. The third kappa shape index (κ3) is 4.16. The lowest BCUT2D eigenvalue weighted by Crippen LogP contribution is -2.33. The molecule has 7 nitrogen and oxygen atoms in total. The number of aryl methyl sites for hydroxylation is 1. The van der Waals surface area contributed by atoms with Gasteiger partial charge in [0.15, 0.2) is 5.16 Å². The minimum atomic E-state index is -0.513. The van der Waals surface area contributed by atoms with E-state index in [0.717, 1.165) is 5.56 Å². The normalized spacial score (nSPS) is 15.3. The van der Waals surface area contributed by atoms with Crippen LogP contribution in [0.1, 0.15) is 34.6 Å². The number of aromatic hydroxyl groups is 1. The van der Waals surface area contributed by atoms with Crippen LogP contribution in [0.15, 0.2) is 52.4 Å². The Morgan fingerprint density at radius 1 is 1.26 bits per heavy atom. The van der Waals surface area contributed by atoms with Gasteiger partial charge in [0.25, 0.3) is 5.56 Å². The predicted octanol–water partition coefficient (Wildman–Crippen LogP) is 3.57. The number of nitrogens with one attached hydrogen (secondary N) is 1. The highest BCUT2D eigenvalue weighted by atomic mass is 32.2. The minimum absolute atomic E-state index is 0.0509. The van der Waals surface area contributed by atoms with Crippen molar-refractivity contribution in [2.24, 2.45) is 7.05 Å². The van der Waals surface area contributed by atoms with Crippen molar-refractivity contribution in [2.45, 2.75) is 30.2 Å². The van der Waals surface area contributed by atoms with E-state index in [1.807, 2.05) is 25.1 Å². The van der Waals surface area contributed by atoms with E-state index in [0.29, 0.717) is 33.6 Å². The maximum atomic E-state index is 13.1. The molecule has 2 N–H and O–H groups in total. The minimum Gasteiger partial charge on any atom is -0.508 e. The first-order valence-electron chi connectivity index (χ1n) is 9.83. The van der Waals surface area contributed by atoms with Gasteiger partial charge >= 0.3 is 0 Å². The summed E-state index contributed by atoms with van der Waals surface area (Å²) in [5.41, 5.74) is 3.01. The number of rotatable bonds is 5. The molecule has 8 heteroatoms. The van der Waals surface area contributed by atoms with Crippen LogP contribution in [0, 0.1) is 6.92 Å². The van der Waals surface area contributed by atoms with E-state index in [1.165, 1.54) is 36.6 Å². The highest BCUT2D eigenvalue weighted by Gasteiger charge is 2.33. The van der Waals surface area contributed by atoms with Crippen LogP contribution < -0.4 is 15.6 Å². The molecule has 0 spiro atoms. The van der Waals surface area contributed by atoms with E-state index >= 15 is 0 Å². The molecule has 2 heterocycles. The Labute approximate surface area is 184 Å². The van der Waals surface area contributed by atoms with Crippen LogP contribution in [0.5, 0.6) is 11.5 Å². The van der Waals surface area contributed by atoms with Gasteiger partial charge in [0.2, 0.25) is 5.91 Å². The Bertz CT molecular complexity index is 1220. The molecule has 0 aliphatic carbocycles. The van der Waals surface area contributed by atoms with Crippen LogP contribution in [0.2, 0.25) is 0 Å². The number of benzene rings is 2. The standard InChI is InChI=1S/C23H23N3O4S/c1-13-5-4-6-14(9-13)12-31-23-25-22(29)20-17(11-19(28)24-21(20)26(23)2)16-8-7-15(27)10-18(16)30-3/h4-10,17,27H,11-12H2,1-3H3,(H,24,28). The molecule has 0 radical (unpaired) electrons. The van der Waals surface area contributed by atoms with Crippen LogP contribution >= 0.6 is 11.8 Å². The van der Waals surface area contributed by atoms with Gasteiger partial charge in [0, 0.05) is 36.8 Å². The molecule has 1 atom stereocenters. The molecule has 0 saturated heterocycles. The van der Waals surface area contributed by atoms with Crippen molar-refractivity contribution in [1.29, 1.82) is 0 Å². The Hall–Kier alpha value is -3.26. The molecule has 3 aromatic rings. The fourth-order valence-corrected chi connectivity index (χ4v) is 4.78. The fraction of sp³-hybridized carbons (Fsp3) is 0.261. The lowest BCUT2D eigenvalue weighted by Gasteiger charge is -2.28. The topological polar surface area (TPSA) is 93.4 Å². The zero-order valence-electron chi connectivity index (χ0n) is 17.5. The van der Waals surface area contributed by atoms with Gasteiger partial charge in [-0.05, 0) is 18.6 Å². The summed E-state index contributed by atoms with van der Waals surface area (Å²) in [5.74, 6) is 0.873. The van der Waals surface area contributed by atoms with Gasteiger partial charge in [-0.3, -0.25) is 9.59 Å². The number of hydrogen-bond donors (Lipinski definition) is 2. The zero-order chi connectivity index (χ0) is 22.1. The molecule has 1 unspecified atom stereocenters. The molecule has 2 aromatic carbocycles. The van der Waals surface area contributed by atoms with Gasteiger partial charge in [0.05, 0.1) is 12.7 Å². The Morgan fingerprint density at radius 2 is 2.06 bits per heavy atom. The van der Waals surface area contributed by atoms with Crippen molar-refractivity contribution >= 4 is 23.5 Å². The second-order valence-corrected chi connectivity index (χ2v) is 8.47. The number of aromatic nitrogens is 2. The Morgan fingerprint density at radius 3 is 2.81 bits per heavy atom. The Balaban J connectivity index is 1.75. The number of phenolic OH excluding ortho intramolecular Hbond substituents is 1. The van der Waals surface area contributed by atoms with Gasteiger partial charge in [-0.15, -0.1) is 0 Å². The molecule has 0 saturated carbocycles. The van der Waals surface area contributed by atoms with Crippen LogP contribution in [0.3, 0.4) is 0 Å². The summed E-state index contributed by atoms with van der Waals surface area (Å²) in [6.45, 7) is 2.04. The molecule has 160 valence electrons. The number of phenols is 1. The van der Waals surface area contributed by atoms with Crippen molar-refractivity contribution in [3.05, 3.63) is 75.1 Å². The number of nitrogens with zero attached hydrogens (tertiary/aromatic N) is 2. The van der Waals surface area contributed by atoms with Crippen LogP contribution in [-0.4, -0.2) is 27.7 Å². The summed E-state index contributed by atoms with van der Waals surface area (Å²) < 4.78 is 7.15. The molecule has 0 bridgehead atoms. The maximum absolute atomic E-state index is 13.1. The lowest BCUT2D eigenvalue weighted by molar-refractivity contribution is -0.116. The average Bonchev–Trinajstić information content (AvgIpc) is 2.74. The summed E-state index contributed by atoms with van der Waals surface area (Å²) in [5, 5.41) is 13.2. The SMILES string of the molecule is COc1cc(O)ccc1C1CC(=O)Nc2c1c(=O)nc(SCc1cccc(C)c1)n2C. The lowest BCUT2D eigenvalue weighted by atomic mass is 9.86. The van der Waals surface area contributed by atoms with Crippen molar-refractivity contribution in [3.8, 4) is 11.5 Å². The van der Waals surface area contributed by atoms with E-state index in [4.69, 9.17) is 4.74 Å². The largest absolute Gasteiger partial charge is 0.508 e. The average molecular weight is 438 g/mol. The van der Waals surface area contributed by atoms with Crippen LogP contribution in [0.25, 0.3) is 0 Å². The highest BCUT2D eigenvalue weighted by molar-refractivity contribution is 7.98. The summed E-state index contributed by atoms with van der Waals surface area (Å²) >= 11 is 1.45. The third-order valence-corrected chi connectivity index (χ3v) is 6.44. The molecular formula is C23H23N3O4S. The number of thioether (sulfide) groups is 1. The third-order valence-electron chi connectivity index (χ3n) is 5.34. The summed E-state index contributed by atoms with van der Waals surface area (Å²) in [6.07, 6.45) is 0.0981. The van der Waals surface area contributed by atoms with Crippen molar-refractivity contribution < 1.29 is 14.6 Å². The first kappa shape index (κ1) is 21.0. The van der Waals surface area contributed by atoms with Crippen molar-refractivity contribution in [2.75, 3.05) is 12.4 Å². The molecule has 1 aliphatic heterocycles. The number of ether oxygens (including phenoxy) is 1. The number of fused-ring (bicyclic) bond motifs is 1. The molecule has 1 amide bonds. The van der Waals surface area contributed by atoms with Gasteiger partial charge in [-0.1, -0.05) is 47.7 Å². The fourth-order valence-electron chi connectivity index (χ4n) is 3.87. The molecule has 4 rings (SSSR count).